The van der Waals surface area contributed by atoms with E-state index in [2.05, 4.69) is 26.0 Å². The van der Waals surface area contributed by atoms with Crippen LogP contribution in [0.5, 0.6) is 0 Å². The van der Waals surface area contributed by atoms with Gasteiger partial charge in [-0.05, 0) is 30.5 Å². The summed E-state index contributed by atoms with van der Waals surface area (Å²) in [5, 5.41) is 2.85. The lowest BCUT2D eigenvalue weighted by Gasteiger charge is -2.40. The zero-order valence-electron chi connectivity index (χ0n) is 11.4. The number of nitrogens with one attached hydrogen (secondary N) is 1. The predicted molar refractivity (Wildman–Crippen MR) is 79.3 cm³/mol. The molecule has 0 aromatic heterocycles. The number of carbonyl (C=O) groups is 2. The molecule has 0 heterocycles. The van der Waals surface area contributed by atoms with Crippen LogP contribution in [-0.2, 0) is 19.7 Å². The molecule has 1 aliphatic carbocycles. The first kappa shape index (κ1) is 15.0. The van der Waals surface area contributed by atoms with Gasteiger partial charge in [0, 0.05) is 11.0 Å². The van der Waals surface area contributed by atoms with Crippen molar-refractivity contribution in [1.29, 1.82) is 0 Å². The normalized spacial score (nSPS) is 16.1. The van der Waals surface area contributed by atoms with Gasteiger partial charge in [-0.15, -0.1) is 0 Å². The van der Waals surface area contributed by atoms with Gasteiger partial charge in [-0.2, -0.15) is 0 Å². The van der Waals surface area contributed by atoms with Crippen molar-refractivity contribution >= 4 is 27.8 Å². The number of amides is 1. The Morgan fingerprint density at radius 2 is 1.95 bits per heavy atom. The van der Waals surface area contributed by atoms with Gasteiger partial charge in [-0.1, -0.05) is 34.5 Å². The second kappa shape index (κ2) is 6.39. The molecule has 0 bridgehead atoms. The minimum Gasteiger partial charge on any atom is -0.469 e. The third kappa shape index (κ3) is 3.03. The van der Waals surface area contributed by atoms with E-state index in [1.165, 1.54) is 7.11 Å². The van der Waals surface area contributed by atoms with E-state index in [4.69, 9.17) is 0 Å². The largest absolute Gasteiger partial charge is 0.469 e. The number of hydrogen-bond acceptors (Lipinski definition) is 3. The van der Waals surface area contributed by atoms with Gasteiger partial charge >= 0.3 is 5.97 Å². The zero-order valence-corrected chi connectivity index (χ0v) is 13.0. The molecule has 1 aromatic rings. The van der Waals surface area contributed by atoms with Gasteiger partial charge in [0.25, 0.3) is 0 Å². The summed E-state index contributed by atoms with van der Waals surface area (Å²) in [6, 6.07) is 7.89. The van der Waals surface area contributed by atoms with Crippen molar-refractivity contribution < 1.29 is 14.3 Å². The van der Waals surface area contributed by atoms with Crippen LogP contribution >= 0.6 is 15.9 Å². The topological polar surface area (TPSA) is 55.4 Å². The molecule has 0 aliphatic heterocycles. The standard InChI is InChI=1S/C15H18BrNO3/c1-20-13(18)7-10-17-14(19)15(8-2-9-15)11-3-5-12(16)6-4-11/h3-6H,2,7-10H2,1H3,(H,17,19). The van der Waals surface area contributed by atoms with Gasteiger partial charge in [0.15, 0.2) is 0 Å². The smallest absolute Gasteiger partial charge is 0.307 e. The fourth-order valence-corrected chi connectivity index (χ4v) is 2.76. The van der Waals surface area contributed by atoms with Gasteiger partial charge in [-0.3, -0.25) is 9.59 Å². The minimum absolute atomic E-state index is 0.00924. The lowest BCUT2D eigenvalue weighted by Crippen LogP contribution is -2.49. The van der Waals surface area contributed by atoms with Crippen molar-refractivity contribution in [2.24, 2.45) is 0 Å². The molecule has 20 heavy (non-hydrogen) atoms. The Morgan fingerprint density at radius 1 is 1.30 bits per heavy atom. The fourth-order valence-electron chi connectivity index (χ4n) is 2.50. The molecular formula is C15H18BrNO3. The third-order valence-electron chi connectivity index (χ3n) is 3.88. The summed E-state index contributed by atoms with van der Waals surface area (Å²) in [6.07, 6.45) is 2.98. The van der Waals surface area contributed by atoms with E-state index in [9.17, 15) is 9.59 Å². The Balaban J connectivity index is 2.01. The molecule has 0 atom stereocenters. The number of esters is 1. The van der Waals surface area contributed by atoms with Crippen molar-refractivity contribution in [2.75, 3.05) is 13.7 Å². The van der Waals surface area contributed by atoms with E-state index >= 15 is 0 Å². The molecule has 1 N–H and O–H groups in total. The Labute approximate surface area is 127 Å². The molecule has 0 unspecified atom stereocenters. The van der Waals surface area contributed by atoms with Crippen LogP contribution in [0.25, 0.3) is 0 Å². The van der Waals surface area contributed by atoms with Gasteiger partial charge in [-0.25, -0.2) is 0 Å². The van der Waals surface area contributed by atoms with Crippen LogP contribution in [0.15, 0.2) is 28.7 Å². The molecule has 1 aromatic carbocycles. The number of halogens is 1. The predicted octanol–water partition coefficient (Wildman–Crippen LogP) is 2.55. The number of methoxy groups -OCH3 is 1. The van der Waals surface area contributed by atoms with Crippen LogP contribution < -0.4 is 5.32 Å². The first-order valence-electron chi connectivity index (χ1n) is 6.70. The average Bonchev–Trinajstić information content (AvgIpc) is 2.39. The van der Waals surface area contributed by atoms with Gasteiger partial charge in [0.2, 0.25) is 5.91 Å². The van der Waals surface area contributed by atoms with Crippen molar-refractivity contribution in [1.82, 2.24) is 5.32 Å². The second-order valence-corrected chi connectivity index (χ2v) is 5.94. The van der Waals surface area contributed by atoms with Crippen LogP contribution in [0.2, 0.25) is 0 Å². The highest BCUT2D eigenvalue weighted by molar-refractivity contribution is 9.10. The monoisotopic (exact) mass is 339 g/mol. The maximum atomic E-state index is 12.4. The molecule has 1 amide bonds. The highest BCUT2D eigenvalue weighted by Crippen LogP contribution is 2.44. The van der Waals surface area contributed by atoms with E-state index in [1.54, 1.807) is 0 Å². The summed E-state index contributed by atoms with van der Waals surface area (Å²) in [7, 11) is 1.35. The number of ether oxygens (including phenoxy) is 1. The van der Waals surface area contributed by atoms with E-state index in [0.717, 1.165) is 29.3 Å². The van der Waals surface area contributed by atoms with Crippen LogP contribution in [0, 0.1) is 0 Å². The Morgan fingerprint density at radius 3 is 2.45 bits per heavy atom. The number of rotatable bonds is 5. The zero-order chi connectivity index (χ0) is 14.6. The molecule has 1 fully saturated rings. The summed E-state index contributed by atoms with van der Waals surface area (Å²) in [4.78, 5) is 23.5. The number of hydrogen-bond donors (Lipinski definition) is 1. The SMILES string of the molecule is COC(=O)CCNC(=O)C1(c2ccc(Br)cc2)CCC1. The Bertz CT molecular complexity index is 494. The van der Waals surface area contributed by atoms with Crippen LogP contribution in [-0.4, -0.2) is 25.5 Å². The number of carbonyl (C=O) groups excluding carboxylic acids is 2. The molecule has 5 heteroatoms. The van der Waals surface area contributed by atoms with E-state index < -0.39 is 5.41 Å². The van der Waals surface area contributed by atoms with Crippen LogP contribution in [0.4, 0.5) is 0 Å². The molecule has 1 aliphatic rings. The first-order chi connectivity index (χ1) is 9.58. The van der Waals surface area contributed by atoms with Crippen LogP contribution in [0.3, 0.4) is 0 Å². The number of benzene rings is 1. The summed E-state index contributed by atoms with van der Waals surface area (Å²) in [6.45, 7) is 0.323. The minimum atomic E-state index is -0.420. The molecule has 2 rings (SSSR count). The molecule has 0 radical (unpaired) electrons. The van der Waals surface area contributed by atoms with Gasteiger partial charge < -0.3 is 10.1 Å². The molecule has 0 spiro atoms. The lowest BCUT2D eigenvalue weighted by atomic mass is 9.64. The van der Waals surface area contributed by atoms with E-state index in [0.29, 0.717) is 6.54 Å². The fraction of sp³-hybridized carbons (Fsp3) is 0.467. The lowest BCUT2D eigenvalue weighted by molar-refractivity contribution is -0.140. The van der Waals surface area contributed by atoms with Crippen molar-refractivity contribution in [3.8, 4) is 0 Å². The first-order valence-corrected chi connectivity index (χ1v) is 7.49. The van der Waals surface area contributed by atoms with Gasteiger partial charge in [0.05, 0.1) is 18.9 Å². The second-order valence-electron chi connectivity index (χ2n) is 5.02. The van der Waals surface area contributed by atoms with Crippen molar-refractivity contribution in [3.63, 3.8) is 0 Å². The van der Waals surface area contributed by atoms with Crippen molar-refractivity contribution in [2.45, 2.75) is 31.1 Å². The van der Waals surface area contributed by atoms with E-state index in [1.807, 2.05) is 24.3 Å². The Hall–Kier alpha value is -1.36. The maximum absolute atomic E-state index is 12.4. The maximum Gasteiger partial charge on any atom is 0.307 e. The van der Waals surface area contributed by atoms with Gasteiger partial charge in [0.1, 0.15) is 0 Å². The third-order valence-corrected chi connectivity index (χ3v) is 4.41. The average molecular weight is 340 g/mol. The highest BCUT2D eigenvalue weighted by Gasteiger charge is 2.45. The van der Waals surface area contributed by atoms with Crippen molar-refractivity contribution in [3.05, 3.63) is 34.3 Å². The van der Waals surface area contributed by atoms with E-state index in [-0.39, 0.29) is 18.3 Å². The van der Waals surface area contributed by atoms with Crippen LogP contribution in [0.1, 0.15) is 31.2 Å². The molecule has 0 saturated heterocycles. The summed E-state index contributed by atoms with van der Waals surface area (Å²) in [5.74, 6) is -0.299. The molecule has 108 valence electrons. The summed E-state index contributed by atoms with van der Waals surface area (Å²) >= 11 is 3.40. The molecular weight excluding hydrogens is 322 g/mol. The molecule has 1 saturated carbocycles. The Kier molecular flexibility index (Phi) is 4.81. The summed E-state index contributed by atoms with van der Waals surface area (Å²) in [5.41, 5.74) is 0.624. The molecule has 4 nitrogen and oxygen atoms in total. The summed E-state index contributed by atoms with van der Waals surface area (Å²) < 4.78 is 5.56. The quantitative estimate of drug-likeness (QED) is 0.838. The highest BCUT2D eigenvalue weighted by atomic mass is 79.9.